The molecule has 0 radical (unpaired) electrons. The maximum atomic E-state index is 8.38. The predicted molar refractivity (Wildman–Crippen MR) is 51.7 cm³/mol. The van der Waals surface area contributed by atoms with E-state index in [9.17, 15) is 0 Å². The Bertz CT molecular complexity index is 117. The molecule has 0 saturated heterocycles. The van der Waals surface area contributed by atoms with Crippen molar-refractivity contribution in [1.29, 1.82) is 5.26 Å². The second-order valence-electron chi connectivity index (χ2n) is 2.75. The van der Waals surface area contributed by atoms with Crippen LogP contribution in [0.2, 0.25) is 0 Å². The number of nitriles is 1. The van der Waals surface area contributed by atoms with Crippen molar-refractivity contribution in [2.45, 2.75) is 44.8 Å². The van der Waals surface area contributed by atoms with Gasteiger partial charge in [-0.2, -0.15) is 17.0 Å². The molecule has 0 N–H and O–H groups in total. The Morgan fingerprint density at radius 2 is 2.18 bits per heavy atom. The van der Waals surface area contributed by atoms with Crippen LogP contribution in [0.3, 0.4) is 0 Å². The van der Waals surface area contributed by atoms with Gasteiger partial charge in [-0.05, 0) is 12.2 Å². The maximum Gasteiger partial charge on any atom is 0.0633 e. The van der Waals surface area contributed by atoms with E-state index in [-0.39, 0.29) is 0 Å². The predicted octanol–water partition coefficient (Wildman–Crippen LogP) is 3.21. The quantitative estimate of drug-likeness (QED) is 0.573. The third-order valence-electron chi connectivity index (χ3n) is 1.53. The van der Waals surface area contributed by atoms with Crippen molar-refractivity contribution in [3.8, 4) is 6.07 Å². The van der Waals surface area contributed by atoms with Crippen LogP contribution in [-0.2, 0) is 0 Å². The molecule has 11 heavy (non-hydrogen) atoms. The first-order chi connectivity index (χ1) is 5.31. The van der Waals surface area contributed by atoms with E-state index in [0.717, 1.165) is 0 Å². The first kappa shape index (κ1) is 10.8. The van der Waals surface area contributed by atoms with Crippen molar-refractivity contribution in [1.82, 2.24) is 0 Å². The fourth-order valence-electron chi connectivity index (χ4n) is 0.824. The van der Waals surface area contributed by atoms with Crippen molar-refractivity contribution in [3.63, 3.8) is 0 Å². The molecule has 0 fully saturated rings. The highest BCUT2D eigenvalue weighted by atomic mass is 32.2. The second-order valence-corrected chi connectivity index (χ2v) is 4.30. The molecule has 0 amide bonds. The number of hydrogen-bond donors (Lipinski definition) is 0. The van der Waals surface area contributed by atoms with E-state index >= 15 is 0 Å². The molecule has 0 aliphatic carbocycles. The van der Waals surface area contributed by atoms with Gasteiger partial charge in [0, 0.05) is 11.7 Å². The minimum absolute atomic E-state index is 0.525. The number of rotatable bonds is 6. The third-order valence-corrected chi connectivity index (χ3v) is 2.79. The summed E-state index contributed by atoms with van der Waals surface area (Å²) in [5.41, 5.74) is 0. The molecule has 0 aliphatic heterocycles. The van der Waals surface area contributed by atoms with Gasteiger partial charge in [0.25, 0.3) is 0 Å². The monoisotopic (exact) mass is 171 g/mol. The minimum atomic E-state index is 0.525. The van der Waals surface area contributed by atoms with Crippen molar-refractivity contribution in [2.75, 3.05) is 5.75 Å². The number of nitrogens with zero attached hydrogens (tertiary/aromatic N) is 1. The Balaban J connectivity index is 3.05. The molecule has 1 atom stereocenters. The Morgan fingerprint density at radius 1 is 1.45 bits per heavy atom. The van der Waals surface area contributed by atoms with Gasteiger partial charge in [0.2, 0.25) is 0 Å². The molecule has 64 valence electrons. The standard InChI is InChI=1S/C9H17NS/c1-3-4-5-8-11-9(2)6-7-10/h9H,3-6,8H2,1-2H3. The Hall–Kier alpha value is -0.160. The first-order valence-corrected chi connectivity index (χ1v) is 5.34. The molecular formula is C9H17NS. The van der Waals surface area contributed by atoms with E-state index in [1.807, 2.05) is 11.8 Å². The number of thioether (sulfide) groups is 1. The van der Waals surface area contributed by atoms with E-state index in [2.05, 4.69) is 19.9 Å². The smallest absolute Gasteiger partial charge is 0.0633 e. The topological polar surface area (TPSA) is 23.8 Å². The summed E-state index contributed by atoms with van der Waals surface area (Å²) >= 11 is 1.92. The molecule has 0 spiro atoms. The Morgan fingerprint density at radius 3 is 2.73 bits per heavy atom. The minimum Gasteiger partial charge on any atom is -0.198 e. The highest BCUT2D eigenvalue weighted by molar-refractivity contribution is 7.99. The van der Waals surface area contributed by atoms with Crippen LogP contribution < -0.4 is 0 Å². The molecule has 0 bridgehead atoms. The van der Waals surface area contributed by atoms with Crippen LogP contribution in [0.4, 0.5) is 0 Å². The molecule has 1 unspecified atom stereocenters. The fraction of sp³-hybridized carbons (Fsp3) is 0.889. The van der Waals surface area contributed by atoms with Crippen LogP contribution in [0.25, 0.3) is 0 Å². The van der Waals surface area contributed by atoms with E-state index in [1.54, 1.807) is 0 Å². The first-order valence-electron chi connectivity index (χ1n) is 4.29. The van der Waals surface area contributed by atoms with Crippen LogP contribution in [-0.4, -0.2) is 11.0 Å². The molecule has 0 aliphatic rings. The second kappa shape index (κ2) is 7.94. The lowest BCUT2D eigenvalue weighted by molar-refractivity contribution is 0.777. The van der Waals surface area contributed by atoms with Crippen LogP contribution >= 0.6 is 11.8 Å². The zero-order valence-corrected chi connectivity index (χ0v) is 8.28. The summed E-state index contributed by atoms with van der Waals surface area (Å²) < 4.78 is 0. The molecule has 0 heterocycles. The van der Waals surface area contributed by atoms with Crippen molar-refractivity contribution in [3.05, 3.63) is 0 Å². The SMILES string of the molecule is CCCCCSC(C)CC#N. The average molecular weight is 171 g/mol. The molecule has 0 aromatic carbocycles. The van der Waals surface area contributed by atoms with E-state index in [1.165, 1.54) is 25.0 Å². The van der Waals surface area contributed by atoms with Crippen LogP contribution in [0.15, 0.2) is 0 Å². The highest BCUT2D eigenvalue weighted by Gasteiger charge is 1.99. The lowest BCUT2D eigenvalue weighted by Gasteiger charge is -2.05. The van der Waals surface area contributed by atoms with Gasteiger partial charge in [-0.1, -0.05) is 26.7 Å². The van der Waals surface area contributed by atoms with Gasteiger partial charge >= 0.3 is 0 Å². The summed E-state index contributed by atoms with van der Waals surface area (Å²) in [6.45, 7) is 4.34. The summed E-state index contributed by atoms with van der Waals surface area (Å²) in [4.78, 5) is 0. The zero-order valence-electron chi connectivity index (χ0n) is 7.47. The van der Waals surface area contributed by atoms with Gasteiger partial charge in [-0.3, -0.25) is 0 Å². The summed E-state index contributed by atoms with van der Waals surface area (Å²) in [7, 11) is 0. The van der Waals surface area contributed by atoms with E-state index in [4.69, 9.17) is 5.26 Å². The van der Waals surface area contributed by atoms with Gasteiger partial charge in [0.15, 0.2) is 0 Å². The lowest BCUT2D eigenvalue weighted by atomic mass is 10.3. The van der Waals surface area contributed by atoms with Gasteiger partial charge in [-0.15, -0.1) is 0 Å². The zero-order chi connectivity index (χ0) is 8.53. The average Bonchev–Trinajstić information content (AvgIpc) is 1.99. The number of unbranched alkanes of at least 4 members (excludes halogenated alkanes) is 2. The largest absolute Gasteiger partial charge is 0.198 e. The summed E-state index contributed by atoms with van der Waals surface area (Å²) in [5, 5.41) is 8.90. The molecule has 2 heteroatoms. The van der Waals surface area contributed by atoms with Gasteiger partial charge < -0.3 is 0 Å². The van der Waals surface area contributed by atoms with E-state index in [0.29, 0.717) is 11.7 Å². The van der Waals surface area contributed by atoms with Crippen LogP contribution in [0, 0.1) is 11.3 Å². The Kier molecular flexibility index (Phi) is 7.83. The van der Waals surface area contributed by atoms with Crippen LogP contribution in [0.1, 0.15) is 39.5 Å². The maximum absolute atomic E-state index is 8.38. The van der Waals surface area contributed by atoms with Crippen LogP contribution in [0.5, 0.6) is 0 Å². The third kappa shape index (κ3) is 7.74. The molecule has 0 aromatic heterocycles. The van der Waals surface area contributed by atoms with E-state index < -0.39 is 0 Å². The normalized spacial score (nSPS) is 12.5. The lowest BCUT2D eigenvalue weighted by Crippen LogP contribution is -1.95. The Labute approximate surface area is 74.2 Å². The molecule has 0 saturated carbocycles. The summed E-state index contributed by atoms with van der Waals surface area (Å²) in [5.74, 6) is 1.22. The molecule has 0 aromatic rings. The number of hydrogen-bond acceptors (Lipinski definition) is 2. The van der Waals surface area contributed by atoms with Crippen molar-refractivity contribution in [2.24, 2.45) is 0 Å². The van der Waals surface area contributed by atoms with Gasteiger partial charge in [-0.25, -0.2) is 0 Å². The van der Waals surface area contributed by atoms with Gasteiger partial charge in [0.1, 0.15) is 0 Å². The molecular weight excluding hydrogens is 154 g/mol. The molecule has 1 nitrogen and oxygen atoms in total. The van der Waals surface area contributed by atoms with Crippen molar-refractivity contribution < 1.29 is 0 Å². The summed E-state index contributed by atoms with van der Waals surface area (Å²) in [6, 6.07) is 2.19. The van der Waals surface area contributed by atoms with Crippen molar-refractivity contribution >= 4 is 11.8 Å². The van der Waals surface area contributed by atoms with Gasteiger partial charge in [0.05, 0.1) is 6.07 Å². The highest BCUT2D eigenvalue weighted by Crippen LogP contribution is 2.15. The molecule has 0 rings (SSSR count). The summed E-state index contributed by atoms with van der Waals surface area (Å²) in [6.07, 6.45) is 4.60. The fourth-order valence-corrected chi connectivity index (χ4v) is 1.79.